The molecule has 1 aliphatic heterocycles. The zero-order chi connectivity index (χ0) is 8.72. The third-order valence-corrected chi connectivity index (χ3v) is 2.47. The highest BCUT2D eigenvalue weighted by Gasteiger charge is 2.22. The predicted octanol–water partition coefficient (Wildman–Crippen LogP) is -0.406. The molecule has 4 nitrogen and oxygen atoms in total. The van der Waals surface area contributed by atoms with Gasteiger partial charge in [-0.3, -0.25) is 9.48 Å². The molecule has 2 heterocycles. The van der Waals surface area contributed by atoms with Gasteiger partial charge in [-0.1, -0.05) is 0 Å². The molecule has 0 radical (unpaired) electrons. The lowest BCUT2D eigenvalue weighted by Gasteiger charge is -2.16. The van der Waals surface area contributed by atoms with E-state index in [0.717, 1.165) is 13.1 Å². The highest BCUT2D eigenvalue weighted by molar-refractivity contribution is 4.90. The van der Waals surface area contributed by atoms with Gasteiger partial charge in [0.25, 0.3) is 5.56 Å². The molecule has 1 aromatic rings. The van der Waals surface area contributed by atoms with Gasteiger partial charge in [0.2, 0.25) is 0 Å². The summed E-state index contributed by atoms with van der Waals surface area (Å²) in [4.78, 5) is 13.4. The van der Waals surface area contributed by atoms with Gasteiger partial charge in [-0.2, -0.15) is 0 Å². The quantitative estimate of drug-likeness (QED) is 0.569. The summed E-state index contributed by atoms with van der Waals surface area (Å²) in [5.41, 5.74) is 0.111. The summed E-state index contributed by atoms with van der Waals surface area (Å²) in [6, 6.07) is 2.09. The highest BCUT2D eigenvalue weighted by atomic mass is 16.1. The Labute approximate surface area is 71.0 Å². The maximum atomic E-state index is 11.2. The van der Waals surface area contributed by atoms with Crippen LogP contribution in [0.15, 0.2) is 17.1 Å². The van der Waals surface area contributed by atoms with Crippen molar-refractivity contribution in [3.8, 4) is 0 Å². The Bertz CT molecular complexity index is 336. The number of hydrogen-bond donors (Lipinski definition) is 0. The van der Waals surface area contributed by atoms with Gasteiger partial charge in [-0.25, -0.2) is 4.68 Å². The molecule has 1 atom stereocenters. The standard InChI is InChI=1S/C8H13N3O/c1-9(2)7-5-10-4-3-8(12)11(10)6-7/h3-4,7H,5-6H2,1-2H3. The van der Waals surface area contributed by atoms with Gasteiger partial charge in [-0.15, -0.1) is 0 Å². The molecular weight excluding hydrogens is 154 g/mol. The molecule has 4 heteroatoms. The van der Waals surface area contributed by atoms with E-state index in [1.165, 1.54) is 0 Å². The minimum absolute atomic E-state index is 0.111. The topological polar surface area (TPSA) is 30.2 Å². The van der Waals surface area contributed by atoms with Crippen molar-refractivity contribution in [1.82, 2.24) is 14.3 Å². The molecule has 0 aromatic carbocycles. The molecule has 0 bridgehead atoms. The van der Waals surface area contributed by atoms with Crippen molar-refractivity contribution < 1.29 is 0 Å². The van der Waals surface area contributed by atoms with Crippen LogP contribution < -0.4 is 5.56 Å². The van der Waals surface area contributed by atoms with Gasteiger partial charge in [0.05, 0.1) is 13.1 Å². The van der Waals surface area contributed by atoms with E-state index in [4.69, 9.17) is 0 Å². The molecule has 0 spiro atoms. The third kappa shape index (κ3) is 0.992. The second-order valence-corrected chi connectivity index (χ2v) is 3.48. The van der Waals surface area contributed by atoms with E-state index in [1.54, 1.807) is 10.7 Å². The van der Waals surface area contributed by atoms with Crippen LogP contribution in [0.5, 0.6) is 0 Å². The van der Waals surface area contributed by atoms with Crippen molar-refractivity contribution in [1.29, 1.82) is 0 Å². The Kier molecular flexibility index (Phi) is 1.58. The van der Waals surface area contributed by atoms with Crippen molar-refractivity contribution in [3.05, 3.63) is 22.6 Å². The van der Waals surface area contributed by atoms with Crippen LogP contribution in [0.3, 0.4) is 0 Å². The normalized spacial score (nSPS) is 21.8. The first kappa shape index (κ1) is 7.61. The maximum Gasteiger partial charge on any atom is 0.266 e. The van der Waals surface area contributed by atoms with E-state index in [2.05, 4.69) is 4.90 Å². The molecule has 0 N–H and O–H groups in total. The van der Waals surface area contributed by atoms with Crippen LogP contribution >= 0.6 is 0 Å². The van der Waals surface area contributed by atoms with E-state index in [-0.39, 0.29) is 5.56 Å². The van der Waals surface area contributed by atoms with Crippen LogP contribution in [0.4, 0.5) is 0 Å². The van der Waals surface area contributed by atoms with E-state index in [1.807, 2.05) is 25.0 Å². The van der Waals surface area contributed by atoms with Crippen LogP contribution in [0.25, 0.3) is 0 Å². The average molecular weight is 167 g/mol. The Morgan fingerprint density at radius 2 is 2.25 bits per heavy atom. The fraction of sp³-hybridized carbons (Fsp3) is 0.625. The SMILES string of the molecule is CN(C)C1Cn2ccc(=O)n2C1. The van der Waals surface area contributed by atoms with Gasteiger partial charge < -0.3 is 4.90 Å². The fourth-order valence-electron chi connectivity index (χ4n) is 1.60. The van der Waals surface area contributed by atoms with E-state index < -0.39 is 0 Å². The maximum absolute atomic E-state index is 11.2. The van der Waals surface area contributed by atoms with E-state index >= 15 is 0 Å². The number of hydrogen-bond acceptors (Lipinski definition) is 2. The number of fused-ring (bicyclic) bond motifs is 1. The Morgan fingerprint density at radius 1 is 1.50 bits per heavy atom. The lowest BCUT2D eigenvalue weighted by Crippen LogP contribution is -2.30. The van der Waals surface area contributed by atoms with Crippen molar-refractivity contribution in [3.63, 3.8) is 0 Å². The van der Waals surface area contributed by atoms with Crippen LogP contribution in [-0.4, -0.2) is 34.4 Å². The Balaban J connectivity index is 2.28. The molecular formula is C8H13N3O. The molecule has 66 valence electrons. The molecule has 2 rings (SSSR count). The lowest BCUT2D eigenvalue weighted by molar-refractivity contribution is 0.283. The summed E-state index contributed by atoms with van der Waals surface area (Å²) in [6.45, 7) is 1.74. The first-order valence-electron chi connectivity index (χ1n) is 4.11. The zero-order valence-corrected chi connectivity index (χ0v) is 7.40. The molecule has 0 fully saturated rings. The number of likely N-dealkylation sites (N-methyl/N-ethyl adjacent to an activating group) is 1. The van der Waals surface area contributed by atoms with Crippen LogP contribution in [0.1, 0.15) is 0 Å². The Morgan fingerprint density at radius 3 is 2.83 bits per heavy atom. The summed E-state index contributed by atoms with van der Waals surface area (Å²) >= 11 is 0. The number of nitrogens with zero attached hydrogens (tertiary/aromatic N) is 3. The van der Waals surface area contributed by atoms with E-state index in [0.29, 0.717) is 6.04 Å². The molecule has 0 amide bonds. The fourth-order valence-corrected chi connectivity index (χ4v) is 1.60. The van der Waals surface area contributed by atoms with Crippen molar-refractivity contribution >= 4 is 0 Å². The first-order valence-corrected chi connectivity index (χ1v) is 4.11. The second kappa shape index (κ2) is 2.48. The molecule has 0 saturated heterocycles. The second-order valence-electron chi connectivity index (χ2n) is 3.48. The summed E-state index contributed by atoms with van der Waals surface area (Å²) in [7, 11) is 4.09. The van der Waals surface area contributed by atoms with Crippen molar-refractivity contribution in [2.75, 3.05) is 14.1 Å². The van der Waals surface area contributed by atoms with Crippen molar-refractivity contribution in [2.45, 2.75) is 19.1 Å². The molecule has 1 unspecified atom stereocenters. The minimum atomic E-state index is 0.111. The zero-order valence-electron chi connectivity index (χ0n) is 7.40. The van der Waals surface area contributed by atoms with Crippen LogP contribution in [0, 0.1) is 0 Å². The summed E-state index contributed by atoms with van der Waals surface area (Å²) in [5.74, 6) is 0. The molecule has 1 aliphatic rings. The van der Waals surface area contributed by atoms with Gasteiger partial charge in [0.15, 0.2) is 0 Å². The van der Waals surface area contributed by atoms with Crippen LogP contribution in [0.2, 0.25) is 0 Å². The number of rotatable bonds is 1. The molecule has 12 heavy (non-hydrogen) atoms. The minimum Gasteiger partial charge on any atom is -0.303 e. The monoisotopic (exact) mass is 167 g/mol. The van der Waals surface area contributed by atoms with Gasteiger partial charge in [0, 0.05) is 18.3 Å². The van der Waals surface area contributed by atoms with Crippen LogP contribution in [-0.2, 0) is 13.1 Å². The van der Waals surface area contributed by atoms with Gasteiger partial charge in [0.1, 0.15) is 0 Å². The molecule has 0 aliphatic carbocycles. The first-order chi connectivity index (χ1) is 5.68. The molecule has 0 saturated carbocycles. The summed E-state index contributed by atoms with van der Waals surface area (Å²) in [5, 5.41) is 0. The summed E-state index contributed by atoms with van der Waals surface area (Å²) < 4.78 is 3.76. The van der Waals surface area contributed by atoms with Gasteiger partial charge >= 0.3 is 0 Å². The van der Waals surface area contributed by atoms with E-state index in [9.17, 15) is 4.79 Å². The average Bonchev–Trinajstić information content (AvgIpc) is 2.53. The Hall–Kier alpha value is -1.03. The molecule has 1 aromatic heterocycles. The number of aromatic nitrogens is 2. The van der Waals surface area contributed by atoms with Crippen molar-refractivity contribution in [2.24, 2.45) is 0 Å². The third-order valence-electron chi connectivity index (χ3n) is 2.47. The largest absolute Gasteiger partial charge is 0.303 e. The highest BCUT2D eigenvalue weighted by Crippen LogP contribution is 2.08. The smallest absolute Gasteiger partial charge is 0.266 e. The predicted molar refractivity (Wildman–Crippen MR) is 46.2 cm³/mol. The summed E-state index contributed by atoms with van der Waals surface area (Å²) in [6.07, 6.45) is 1.85. The van der Waals surface area contributed by atoms with Gasteiger partial charge in [-0.05, 0) is 14.1 Å². The lowest BCUT2D eigenvalue weighted by atomic mass is 10.3.